The van der Waals surface area contributed by atoms with Crippen molar-refractivity contribution in [2.45, 2.75) is 25.2 Å². The van der Waals surface area contributed by atoms with Crippen LogP contribution < -0.4 is 0 Å². The number of fused-ring (bicyclic) bond motifs is 5. The van der Waals surface area contributed by atoms with Gasteiger partial charge in [-0.3, -0.25) is 0 Å². The van der Waals surface area contributed by atoms with E-state index in [2.05, 4.69) is 55.1 Å². The van der Waals surface area contributed by atoms with Crippen LogP contribution in [0.15, 0.2) is 54.6 Å². The zero-order valence-electron chi connectivity index (χ0n) is 11.1. The highest BCUT2D eigenvalue weighted by molar-refractivity contribution is 5.93. The van der Waals surface area contributed by atoms with Crippen LogP contribution in [0, 0.1) is 5.92 Å². The lowest BCUT2D eigenvalue weighted by atomic mass is 9.68. The second kappa shape index (κ2) is 4.09. The summed E-state index contributed by atoms with van der Waals surface area (Å²) in [5.74, 6) is 1.23. The van der Waals surface area contributed by atoms with Crippen molar-refractivity contribution in [1.82, 2.24) is 0 Å². The Labute approximate surface area is 114 Å². The first kappa shape index (κ1) is 11.0. The van der Waals surface area contributed by atoms with Gasteiger partial charge in [0.1, 0.15) is 0 Å². The van der Waals surface area contributed by atoms with Crippen molar-refractivity contribution in [3.05, 3.63) is 65.8 Å². The van der Waals surface area contributed by atoms with Gasteiger partial charge in [-0.1, -0.05) is 60.7 Å². The molecule has 0 heterocycles. The second-order valence-electron chi connectivity index (χ2n) is 5.84. The topological polar surface area (TPSA) is 0 Å². The van der Waals surface area contributed by atoms with Gasteiger partial charge in [-0.25, -0.2) is 0 Å². The SMILES string of the molecule is C=C1CCCC2C=Cc3c(ccc4ccccc34)C12. The Morgan fingerprint density at radius 3 is 2.89 bits per heavy atom. The van der Waals surface area contributed by atoms with Crippen molar-refractivity contribution in [2.24, 2.45) is 5.92 Å². The molecule has 2 aliphatic carbocycles. The van der Waals surface area contributed by atoms with Gasteiger partial charge in [0.25, 0.3) is 0 Å². The molecule has 2 unspecified atom stereocenters. The first-order valence-electron chi connectivity index (χ1n) is 7.22. The maximum absolute atomic E-state index is 4.34. The predicted molar refractivity (Wildman–Crippen MR) is 82.2 cm³/mol. The van der Waals surface area contributed by atoms with Crippen LogP contribution in [0.5, 0.6) is 0 Å². The molecule has 2 aliphatic rings. The van der Waals surface area contributed by atoms with Gasteiger partial charge in [-0.2, -0.15) is 0 Å². The summed E-state index contributed by atoms with van der Waals surface area (Å²) >= 11 is 0. The fourth-order valence-electron chi connectivity index (χ4n) is 3.84. The monoisotopic (exact) mass is 246 g/mol. The Morgan fingerprint density at radius 2 is 1.95 bits per heavy atom. The highest BCUT2D eigenvalue weighted by Gasteiger charge is 2.31. The maximum atomic E-state index is 4.34. The van der Waals surface area contributed by atoms with Crippen LogP contribution in [0.2, 0.25) is 0 Å². The summed E-state index contributed by atoms with van der Waals surface area (Å²) in [6.45, 7) is 4.34. The van der Waals surface area contributed by atoms with Crippen LogP contribution in [-0.4, -0.2) is 0 Å². The molecule has 0 heteroatoms. The molecule has 94 valence electrons. The lowest BCUT2D eigenvalue weighted by Crippen LogP contribution is -2.21. The molecule has 0 N–H and O–H groups in total. The van der Waals surface area contributed by atoms with E-state index < -0.39 is 0 Å². The van der Waals surface area contributed by atoms with Crippen molar-refractivity contribution in [3.63, 3.8) is 0 Å². The standard InChI is InChI=1S/C19H18/c1-13-5-4-7-15-10-11-17-16-8-3-2-6-14(16)9-12-18(17)19(13)15/h2-3,6,8-12,15,19H,1,4-5,7H2. The molecule has 0 radical (unpaired) electrons. The largest absolute Gasteiger partial charge is 0.0992 e. The minimum absolute atomic E-state index is 0.554. The fourth-order valence-corrected chi connectivity index (χ4v) is 3.84. The highest BCUT2D eigenvalue weighted by Crippen LogP contribution is 2.47. The van der Waals surface area contributed by atoms with Gasteiger partial charge >= 0.3 is 0 Å². The summed E-state index contributed by atoms with van der Waals surface area (Å²) in [6.07, 6.45) is 8.57. The van der Waals surface area contributed by atoms with Crippen LogP contribution in [0.3, 0.4) is 0 Å². The Bertz CT molecular complexity index is 690. The molecule has 2 aromatic rings. The van der Waals surface area contributed by atoms with Crippen LogP contribution in [0.1, 0.15) is 36.3 Å². The average Bonchev–Trinajstić information content (AvgIpc) is 2.46. The molecule has 0 amide bonds. The zero-order chi connectivity index (χ0) is 12.8. The van der Waals surface area contributed by atoms with E-state index in [-0.39, 0.29) is 0 Å². The van der Waals surface area contributed by atoms with E-state index in [0.717, 1.165) is 0 Å². The van der Waals surface area contributed by atoms with Gasteiger partial charge < -0.3 is 0 Å². The van der Waals surface area contributed by atoms with Gasteiger partial charge in [0.15, 0.2) is 0 Å². The summed E-state index contributed by atoms with van der Waals surface area (Å²) in [6, 6.07) is 13.3. The van der Waals surface area contributed by atoms with Crippen LogP contribution >= 0.6 is 0 Å². The number of allylic oxidation sites excluding steroid dienone is 2. The lowest BCUT2D eigenvalue weighted by molar-refractivity contribution is 0.439. The molecular formula is C19H18. The smallest absolute Gasteiger partial charge is 0.0114 e. The molecule has 0 nitrogen and oxygen atoms in total. The minimum Gasteiger partial charge on any atom is -0.0992 e. The first-order valence-corrected chi connectivity index (χ1v) is 7.22. The van der Waals surface area contributed by atoms with Crippen molar-refractivity contribution in [1.29, 1.82) is 0 Å². The highest BCUT2D eigenvalue weighted by atomic mass is 14.3. The Kier molecular flexibility index (Phi) is 2.38. The van der Waals surface area contributed by atoms with Gasteiger partial charge in [0, 0.05) is 5.92 Å². The first-order chi connectivity index (χ1) is 9.34. The molecule has 0 bridgehead atoms. The molecule has 2 atom stereocenters. The van der Waals surface area contributed by atoms with E-state index in [4.69, 9.17) is 0 Å². The Balaban J connectivity index is 1.98. The van der Waals surface area contributed by atoms with Gasteiger partial charge in [-0.15, -0.1) is 0 Å². The number of hydrogen-bond acceptors (Lipinski definition) is 0. The lowest BCUT2D eigenvalue weighted by Gasteiger charge is -2.36. The molecular weight excluding hydrogens is 228 g/mol. The molecule has 0 saturated heterocycles. The van der Waals surface area contributed by atoms with Crippen LogP contribution in [-0.2, 0) is 0 Å². The van der Waals surface area contributed by atoms with Crippen molar-refractivity contribution in [2.75, 3.05) is 0 Å². The Hall–Kier alpha value is -1.82. The summed E-state index contributed by atoms with van der Waals surface area (Å²) < 4.78 is 0. The third kappa shape index (κ3) is 1.59. The van der Waals surface area contributed by atoms with Crippen LogP contribution in [0.4, 0.5) is 0 Å². The maximum Gasteiger partial charge on any atom is 0.0114 e. The number of rotatable bonds is 0. The van der Waals surface area contributed by atoms with Gasteiger partial charge in [0.2, 0.25) is 0 Å². The normalized spacial score (nSPS) is 25.2. The van der Waals surface area contributed by atoms with E-state index in [1.165, 1.54) is 46.7 Å². The van der Waals surface area contributed by atoms with E-state index in [1.54, 1.807) is 0 Å². The molecule has 19 heavy (non-hydrogen) atoms. The number of benzene rings is 2. The molecule has 0 aliphatic heterocycles. The molecule has 2 aromatic carbocycles. The van der Waals surface area contributed by atoms with Crippen molar-refractivity contribution in [3.8, 4) is 0 Å². The van der Waals surface area contributed by atoms with Crippen molar-refractivity contribution < 1.29 is 0 Å². The molecule has 0 spiro atoms. The second-order valence-corrected chi connectivity index (χ2v) is 5.84. The summed E-state index contributed by atoms with van der Waals surface area (Å²) in [7, 11) is 0. The molecule has 4 rings (SSSR count). The molecule has 1 fully saturated rings. The third-order valence-corrected chi connectivity index (χ3v) is 4.75. The number of hydrogen-bond donors (Lipinski definition) is 0. The predicted octanol–water partition coefficient (Wildman–Crippen LogP) is 5.31. The van der Waals surface area contributed by atoms with E-state index in [0.29, 0.717) is 11.8 Å². The van der Waals surface area contributed by atoms with Gasteiger partial charge in [0.05, 0.1) is 0 Å². The quantitative estimate of drug-likeness (QED) is 0.553. The molecule has 0 aromatic heterocycles. The summed E-state index contributed by atoms with van der Waals surface area (Å²) in [5, 5.41) is 2.72. The molecule has 1 saturated carbocycles. The van der Waals surface area contributed by atoms with Crippen molar-refractivity contribution >= 4 is 16.8 Å². The average molecular weight is 246 g/mol. The Morgan fingerprint density at radius 1 is 1.05 bits per heavy atom. The minimum atomic E-state index is 0.554. The summed E-state index contributed by atoms with van der Waals surface area (Å²) in [4.78, 5) is 0. The van der Waals surface area contributed by atoms with E-state index in [9.17, 15) is 0 Å². The summed E-state index contributed by atoms with van der Waals surface area (Å²) in [5.41, 5.74) is 4.34. The zero-order valence-corrected chi connectivity index (χ0v) is 11.1. The van der Waals surface area contributed by atoms with Crippen LogP contribution in [0.25, 0.3) is 16.8 Å². The van der Waals surface area contributed by atoms with E-state index >= 15 is 0 Å². The third-order valence-electron chi connectivity index (χ3n) is 4.75. The van der Waals surface area contributed by atoms with E-state index in [1.807, 2.05) is 0 Å². The van der Waals surface area contributed by atoms with Gasteiger partial charge in [-0.05, 0) is 47.1 Å². The fraction of sp³-hybridized carbons (Fsp3) is 0.263.